The molecule has 1 unspecified atom stereocenters. The normalized spacial score (nSPS) is 30.6. The second kappa shape index (κ2) is 19.4. The van der Waals surface area contributed by atoms with E-state index in [1.54, 1.807) is 12.3 Å². The molecule has 0 aromatic carbocycles. The van der Waals surface area contributed by atoms with Gasteiger partial charge in [-0.3, -0.25) is 4.79 Å². The third kappa shape index (κ3) is 10.3. The van der Waals surface area contributed by atoms with Gasteiger partial charge in [0, 0.05) is 30.5 Å². The molecule has 3 aliphatic rings. The van der Waals surface area contributed by atoms with Crippen LogP contribution in [0.1, 0.15) is 87.1 Å². The Kier molecular flexibility index (Phi) is 15.4. The maximum Gasteiger partial charge on any atom is 0.335 e. The third-order valence-corrected chi connectivity index (χ3v) is 25.2. The number of aromatic nitrogens is 7. The van der Waals surface area contributed by atoms with E-state index in [0.29, 0.717) is 18.7 Å². The van der Waals surface area contributed by atoms with Crippen LogP contribution in [0.3, 0.4) is 0 Å². The van der Waals surface area contributed by atoms with Crippen LogP contribution < -0.4 is 10.3 Å². The Morgan fingerprint density at radius 1 is 1.02 bits per heavy atom. The van der Waals surface area contributed by atoms with Crippen LogP contribution in [0.25, 0.3) is 11.2 Å². The van der Waals surface area contributed by atoms with Gasteiger partial charge in [0.25, 0.3) is 5.56 Å². The molecular weight excluding hydrogens is 891 g/mol. The zero-order valence-corrected chi connectivity index (χ0v) is 40.4. The van der Waals surface area contributed by atoms with Gasteiger partial charge in [0.2, 0.25) is 5.88 Å². The fourth-order valence-corrected chi connectivity index (χ4v) is 22.0. The second-order valence-electron chi connectivity index (χ2n) is 16.8. The molecule has 3 fully saturated rings. The average Bonchev–Trinajstić information content (AvgIpc) is 3.88. The Morgan fingerprint density at radius 2 is 1.73 bits per heavy atom. The second-order valence-corrected chi connectivity index (χ2v) is 31.1. The van der Waals surface area contributed by atoms with Crippen molar-refractivity contribution in [3.05, 3.63) is 35.3 Å². The van der Waals surface area contributed by atoms with Crippen LogP contribution in [0.15, 0.2) is 29.7 Å². The van der Waals surface area contributed by atoms with Gasteiger partial charge in [0.1, 0.15) is 18.5 Å². The van der Waals surface area contributed by atoms with Crippen molar-refractivity contribution in [2.45, 2.75) is 134 Å². The molecule has 0 spiro atoms. The van der Waals surface area contributed by atoms with Crippen LogP contribution in [-0.2, 0) is 54.8 Å². The molecule has 9 atom stereocenters. The molecule has 2 aliphatic carbocycles. The van der Waals surface area contributed by atoms with E-state index in [4.69, 9.17) is 59.5 Å². The highest BCUT2D eigenvalue weighted by Crippen LogP contribution is 2.59. The molecule has 60 heavy (non-hydrogen) atoms. The average molecular weight is 947 g/mol. The zero-order chi connectivity index (χ0) is 43.6. The Labute approximate surface area is 362 Å². The predicted molar refractivity (Wildman–Crippen MR) is 231 cm³/mol. The van der Waals surface area contributed by atoms with Gasteiger partial charge in [-0.15, -0.1) is 5.10 Å². The molecule has 3 aromatic rings. The summed E-state index contributed by atoms with van der Waals surface area (Å²) in [5.74, 6) is -0.643. The maximum atomic E-state index is 12.9. The van der Waals surface area contributed by atoms with E-state index in [0.717, 1.165) is 0 Å². The largest absolute Gasteiger partial charge is 0.474 e. The lowest BCUT2D eigenvalue weighted by molar-refractivity contribution is -0.0104. The SMILES string of the molecule is CC(C)[Si](O)(O[Si](O[C@@H]1[C@H]2COP(O)(=S)O[C@H]3C[C@H](Oc4ccncn4)C[C@@H]3CO[P@](=S)(OCCC#N)O[C@H]1[C@H](n1nnc3c(=O)[nH]cnc31)C2)(C(C)C)C(C)C)C(C)C. The number of nitrogens with one attached hydrogen (secondary N) is 1. The Morgan fingerprint density at radius 3 is 2.38 bits per heavy atom. The summed E-state index contributed by atoms with van der Waals surface area (Å²) in [6, 6.07) is 2.97. The van der Waals surface area contributed by atoms with Crippen molar-refractivity contribution in [1.29, 1.82) is 5.26 Å². The van der Waals surface area contributed by atoms with Crippen molar-refractivity contribution in [1.82, 2.24) is 34.9 Å². The first-order valence-corrected chi connectivity index (χ1v) is 29.4. The minimum Gasteiger partial charge on any atom is -0.474 e. The summed E-state index contributed by atoms with van der Waals surface area (Å²) >= 11 is 11.9. The van der Waals surface area contributed by atoms with Crippen LogP contribution >= 0.6 is 13.4 Å². The molecule has 4 heterocycles. The predicted octanol–water partition coefficient (Wildman–Crippen LogP) is 5.83. The molecule has 19 nitrogen and oxygen atoms in total. The zero-order valence-electron chi connectivity index (χ0n) is 35.0. The number of hydrogen-bond donors (Lipinski definition) is 3. The summed E-state index contributed by atoms with van der Waals surface area (Å²) in [5, 5.41) is 18.1. The Hall–Kier alpha value is -1.98. The lowest BCUT2D eigenvalue weighted by atomic mass is 10.1. The minimum atomic E-state index is -3.95. The summed E-state index contributed by atoms with van der Waals surface area (Å²) in [7, 11) is -6.97. The standard InChI is InChI=1S/C35H56N8O11P2S2Si2/c1-21(2)59(46,22(3)4)54-60(23(5)6,24(7)8)53-32-26-15-28(43-34-31(41-42-43)35(44)40-20-39-34)33(32)52-56(58,47-13-9-11-36)49-17-25-14-27(50-30-10-12-37-19-38-30)16-29(25)51-55(45,57)48-18-26/h10,12,19-29,32-33,46H,9,13-18H2,1-8H3,(H,45,57)(H,39,40,44)/t25-,26-,27-,28-,29+,32-,33+,55?,56-/m1/s1. The number of fused-ring (bicyclic) bond motifs is 4. The van der Waals surface area contributed by atoms with Crippen molar-refractivity contribution in [2.75, 3.05) is 19.8 Å². The van der Waals surface area contributed by atoms with E-state index in [1.165, 1.54) is 17.3 Å². The van der Waals surface area contributed by atoms with Crippen LogP contribution in [0.2, 0.25) is 22.2 Å². The fourth-order valence-electron chi connectivity index (χ4n) is 8.32. The van der Waals surface area contributed by atoms with Crippen LogP contribution in [0.4, 0.5) is 0 Å². The van der Waals surface area contributed by atoms with Gasteiger partial charge < -0.3 is 50.6 Å². The third-order valence-electron chi connectivity index (χ3n) is 11.5. The van der Waals surface area contributed by atoms with Crippen molar-refractivity contribution in [3.8, 4) is 11.9 Å². The summed E-state index contributed by atoms with van der Waals surface area (Å²) in [6.07, 6.45) is 2.19. The molecule has 25 heteroatoms. The smallest absolute Gasteiger partial charge is 0.335 e. The van der Waals surface area contributed by atoms with E-state index in [2.05, 4.69) is 36.3 Å². The number of ether oxygens (including phenoxy) is 1. The van der Waals surface area contributed by atoms with E-state index in [1.807, 2.05) is 55.4 Å². The quantitative estimate of drug-likeness (QED) is 0.0978. The van der Waals surface area contributed by atoms with Crippen LogP contribution in [0.5, 0.6) is 5.88 Å². The molecule has 332 valence electrons. The molecule has 2 bridgehead atoms. The van der Waals surface area contributed by atoms with Crippen molar-refractivity contribution >= 4 is 65.3 Å². The maximum absolute atomic E-state index is 12.9. The Bertz CT molecular complexity index is 2120. The van der Waals surface area contributed by atoms with Crippen LogP contribution in [-0.4, -0.2) is 106 Å². The molecule has 3 N–H and O–H groups in total. The van der Waals surface area contributed by atoms with Crippen molar-refractivity contribution in [2.24, 2.45) is 11.8 Å². The van der Waals surface area contributed by atoms with Gasteiger partial charge in [-0.25, -0.2) is 19.6 Å². The first kappa shape index (κ1) is 47.5. The highest BCUT2D eigenvalue weighted by molar-refractivity contribution is 8.07. The monoisotopic (exact) mass is 946 g/mol. The molecule has 2 saturated carbocycles. The summed E-state index contributed by atoms with van der Waals surface area (Å²) in [5.41, 5.74) is -0.991. The fraction of sp³-hybridized carbons (Fsp3) is 0.743. The topological polar surface area (TPSA) is 240 Å². The number of rotatable bonds is 14. The van der Waals surface area contributed by atoms with Gasteiger partial charge >= 0.3 is 30.6 Å². The first-order chi connectivity index (χ1) is 28.3. The number of hydrogen-bond acceptors (Lipinski definition) is 18. The Balaban J connectivity index is 1.47. The molecule has 3 aromatic heterocycles. The van der Waals surface area contributed by atoms with E-state index < -0.39 is 78.4 Å². The molecular formula is C35H56N8O11P2S2Si2. The molecule has 0 amide bonds. The highest BCUT2D eigenvalue weighted by atomic mass is 32.5. The van der Waals surface area contributed by atoms with Gasteiger partial charge in [-0.1, -0.05) is 60.6 Å². The molecule has 6 rings (SSSR count). The molecule has 1 saturated heterocycles. The van der Waals surface area contributed by atoms with Crippen molar-refractivity contribution < 1.29 is 45.6 Å². The van der Waals surface area contributed by atoms with E-state index in [9.17, 15) is 19.7 Å². The van der Waals surface area contributed by atoms with Gasteiger partial charge in [0.05, 0.1) is 56.9 Å². The number of aromatic amines is 1. The summed E-state index contributed by atoms with van der Waals surface area (Å²) in [6.45, 7) is 7.92. The summed E-state index contributed by atoms with van der Waals surface area (Å²) in [4.78, 5) is 52.1. The summed E-state index contributed by atoms with van der Waals surface area (Å²) < 4.78 is 54.6. The van der Waals surface area contributed by atoms with Gasteiger partial charge in [-0.05, 0) is 58.6 Å². The highest BCUT2D eigenvalue weighted by Gasteiger charge is 2.60. The van der Waals surface area contributed by atoms with E-state index in [-0.39, 0.29) is 66.0 Å². The number of nitriles is 1. The van der Waals surface area contributed by atoms with Gasteiger partial charge in [0.15, 0.2) is 11.2 Å². The van der Waals surface area contributed by atoms with Gasteiger partial charge in [-0.2, -0.15) is 5.26 Å². The van der Waals surface area contributed by atoms with Crippen molar-refractivity contribution in [3.63, 3.8) is 0 Å². The molecule has 0 radical (unpaired) electrons. The van der Waals surface area contributed by atoms with E-state index >= 15 is 0 Å². The first-order valence-electron chi connectivity index (χ1n) is 20.2. The minimum absolute atomic E-state index is 0.00562. The lowest BCUT2D eigenvalue weighted by Gasteiger charge is -2.48. The lowest BCUT2D eigenvalue weighted by Crippen LogP contribution is -2.62. The number of nitrogens with zero attached hydrogens (tertiary/aromatic N) is 7. The number of H-pyrrole nitrogens is 1. The molecule has 1 aliphatic heterocycles. The van der Waals surface area contributed by atoms with Crippen LogP contribution in [0, 0.1) is 23.2 Å².